The molecule has 0 radical (unpaired) electrons. The van der Waals surface area contributed by atoms with Gasteiger partial charge in [0.25, 0.3) is 0 Å². The molecule has 3 aromatic rings. The van der Waals surface area contributed by atoms with Crippen LogP contribution in [-0.2, 0) is 26.3 Å². The van der Waals surface area contributed by atoms with Crippen molar-refractivity contribution in [3.05, 3.63) is 95.1 Å². The van der Waals surface area contributed by atoms with Crippen molar-refractivity contribution in [3.63, 3.8) is 0 Å². The van der Waals surface area contributed by atoms with E-state index in [2.05, 4.69) is 36.2 Å². The predicted octanol–water partition coefficient (Wildman–Crippen LogP) is 7.10. The van der Waals surface area contributed by atoms with Crippen molar-refractivity contribution < 1.29 is 30.7 Å². The summed E-state index contributed by atoms with van der Waals surface area (Å²) >= 11 is -0.826. The maximum atomic E-state index is 11.3. The number of rotatable bonds is 6. The minimum absolute atomic E-state index is 0.254. The van der Waals surface area contributed by atoms with Gasteiger partial charge in [0, 0.05) is 28.8 Å². The van der Waals surface area contributed by atoms with E-state index in [1.165, 1.54) is 6.42 Å². The van der Waals surface area contributed by atoms with E-state index >= 15 is 0 Å². The van der Waals surface area contributed by atoms with Crippen LogP contribution in [0.3, 0.4) is 0 Å². The summed E-state index contributed by atoms with van der Waals surface area (Å²) in [6.07, 6.45) is 5.29. The van der Waals surface area contributed by atoms with Crippen LogP contribution < -0.4 is 4.74 Å². The first-order chi connectivity index (χ1) is 15.5. The summed E-state index contributed by atoms with van der Waals surface area (Å²) in [7, 11) is 11.5. The molecule has 166 valence electrons. The Balaban J connectivity index is 0.000000913. The molecule has 32 heavy (non-hydrogen) atoms. The molecule has 1 aliphatic rings. The van der Waals surface area contributed by atoms with Gasteiger partial charge in [0.1, 0.15) is 11.5 Å². The third-order valence-electron chi connectivity index (χ3n) is 6.09. The first-order valence-electron chi connectivity index (χ1n) is 10.6. The first kappa shape index (κ1) is 25.0. The molecule has 0 unspecified atom stereocenters. The quantitative estimate of drug-likeness (QED) is 0.264. The second-order valence-corrected chi connectivity index (χ2v) is 11.6. The van der Waals surface area contributed by atoms with Crippen LogP contribution in [0.15, 0.2) is 77.8 Å². The van der Waals surface area contributed by atoms with Gasteiger partial charge in [-0.05, 0) is 49.4 Å². The number of hydrogen-bond donors (Lipinski definition) is 1. The van der Waals surface area contributed by atoms with Crippen molar-refractivity contribution in [3.8, 4) is 11.5 Å². The number of nitrogens with zero attached hydrogens (tertiary/aromatic N) is 1. The molecule has 0 saturated heterocycles. The Bertz CT molecular complexity index is 985. The average Bonchev–Trinajstić information content (AvgIpc) is 2.80. The van der Waals surface area contributed by atoms with Crippen molar-refractivity contribution >= 4 is 23.2 Å². The van der Waals surface area contributed by atoms with Crippen molar-refractivity contribution in [2.75, 3.05) is 7.11 Å². The molecule has 3 nitrogen and oxygen atoms in total. The number of aromatic hydroxyl groups is 1. The van der Waals surface area contributed by atoms with Gasteiger partial charge in [0.15, 0.2) is 0 Å². The van der Waals surface area contributed by atoms with Crippen LogP contribution in [0.4, 0.5) is 0 Å². The molecule has 3 aromatic carbocycles. The topological polar surface area (TPSA) is 41.8 Å². The van der Waals surface area contributed by atoms with Crippen molar-refractivity contribution in [2.24, 2.45) is 4.99 Å². The van der Waals surface area contributed by atoms with E-state index in [0.29, 0.717) is 17.4 Å². The van der Waals surface area contributed by atoms with Gasteiger partial charge >= 0.3 is 37.9 Å². The Morgan fingerprint density at radius 2 is 1.53 bits per heavy atom. The molecule has 6 heteroatoms. The molecule has 1 saturated carbocycles. The van der Waals surface area contributed by atoms with E-state index in [1.54, 1.807) is 7.11 Å². The average molecular weight is 548 g/mol. The van der Waals surface area contributed by atoms with Gasteiger partial charge in [-0.1, -0.05) is 60.7 Å². The molecule has 0 aliphatic heterocycles. The van der Waals surface area contributed by atoms with Crippen molar-refractivity contribution in [2.45, 2.75) is 37.6 Å². The summed E-state index contributed by atoms with van der Waals surface area (Å²) < 4.78 is 5.59. The maximum absolute atomic E-state index is 11.3. The number of aliphatic imine (C=N–C) groups is 1. The zero-order valence-electron chi connectivity index (χ0n) is 18.3. The summed E-state index contributed by atoms with van der Waals surface area (Å²) in [5, 5.41) is 11.3. The SMILES string of the molecule is COc1cc(C=NC2CCC2)c(O)c(C(C)(c2ccccc2)c2ccccc2)c1.[Cl][Zr][Cl]. The zero-order chi connectivity index (χ0) is 23.0. The van der Waals surface area contributed by atoms with Crippen molar-refractivity contribution in [1.29, 1.82) is 0 Å². The number of ether oxygens (including phenoxy) is 1. The van der Waals surface area contributed by atoms with Gasteiger partial charge in [0.2, 0.25) is 0 Å². The number of halogens is 2. The fraction of sp³-hybridized carbons (Fsp3) is 0.269. The van der Waals surface area contributed by atoms with Gasteiger partial charge in [0.05, 0.1) is 7.11 Å². The van der Waals surface area contributed by atoms with Crippen LogP contribution in [0.25, 0.3) is 0 Å². The summed E-state index contributed by atoms with van der Waals surface area (Å²) in [5.41, 5.74) is 3.18. The molecule has 1 aliphatic carbocycles. The summed E-state index contributed by atoms with van der Waals surface area (Å²) in [4.78, 5) is 4.66. The van der Waals surface area contributed by atoms with Crippen molar-refractivity contribution in [1.82, 2.24) is 0 Å². The standard InChI is InChI=1S/C26H27NO2.2ClH.Zr/c1-26(20-10-5-3-6-11-20,21-12-7-4-8-13-21)24-17-23(29-2)16-19(25(24)28)18-27-22-14-9-15-22;;;/h3-8,10-13,16-18,22,28H,9,14-15H2,1-2H3;2*1H;/q;;;+2/p-2. The fourth-order valence-corrected chi connectivity index (χ4v) is 3.97. The molecule has 0 atom stereocenters. The molecule has 0 aromatic heterocycles. The monoisotopic (exact) mass is 545 g/mol. The molecule has 0 heterocycles. The third-order valence-corrected chi connectivity index (χ3v) is 6.09. The van der Waals surface area contributed by atoms with E-state index in [4.69, 9.17) is 21.8 Å². The normalized spacial score (nSPS) is 13.8. The third kappa shape index (κ3) is 5.65. The molecule has 0 spiro atoms. The number of methoxy groups -OCH3 is 1. The first-order valence-corrected chi connectivity index (χ1v) is 16.9. The van der Waals surface area contributed by atoms with E-state index in [-0.39, 0.29) is 5.75 Å². The molecule has 0 amide bonds. The van der Waals surface area contributed by atoms with E-state index in [9.17, 15) is 5.11 Å². The fourth-order valence-electron chi connectivity index (χ4n) is 3.97. The predicted molar refractivity (Wildman–Crippen MR) is 130 cm³/mol. The van der Waals surface area contributed by atoms with Gasteiger partial charge < -0.3 is 9.84 Å². The Morgan fingerprint density at radius 1 is 1.00 bits per heavy atom. The Morgan fingerprint density at radius 3 is 1.97 bits per heavy atom. The summed E-state index contributed by atoms with van der Waals surface area (Å²) in [6.45, 7) is 2.15. The number of benzene rings is 3. The summed E-state index contributed by atoms with van der Waals surface area (Å²) in [5.74, 6) is 0.968. The van der Waals surface area contributed by atoms with E-state index in [1.807, 2.05) is 54.7 Å². The van der Waals surface area contributed by atoms with Crippen LogP contribution in [0, 0.1) is 0 Å². The van der Waals surface area contributed by atoms with Gasteiger partial charge in [-0.25, -0.2) is 0 Å². The van der Waals surface area contributed by atoms with E-state index in [0.717, 1.165) is 29.5 Å². The molecule has 4 rings (SSSR count). The number of hydrogen-bond acceptors (Lipinski definition) is 3. The number of phenols is 1. The van der Waals surface area contributed by atoms with Crippen LogP contribution in [0.1, 0.15) is 48.4 Å². The second-order valence-electron chi connectivity index (χ2n) is 7.90. The van der Waals surface area contributed by atoms with Crippen LogP contribution >= 0.6 is 17.0 Å². The molecular formula is C26H27Cl2NO2Zr. The zero-order valence-corrected chi connectivity index (χ0v) is 22.2. The molecule has 0 bridgehead atoms. The van der Waals surface area contributed by atoms with Crippen LogP contribution in [0.5, 0.6) is 11.5 Å². The van der Waals surface area contributed by atoms with Gasteiger partial charge in [-0.15, -0.1) is 0 Å². The van der Waals surface area contributed by atoms with Gasteiger partial charge in [-0.2, -0.15) is 0 Å². The summed E-state index contributed by atoms with van der Waals surface area (Å²) in [6, 6.07) is 24.8. The van der Waals surface area contributed by atoms with Crippen LogP contribution in [0.2, 0.25) is 0 Å². The van der Waals surface area contributed by atoms with E-state index < -0.39 is 26.3 Å². The Labute approximate surface area is 209 Å². The second kappa shape index (κ2) is 12.0. The van der Waals surface area contributed by atoms with Gasteiger partial charge in [-0.3, -0.25) is 4.99 Å². The Hall–Kier alpha value is -1.61. The molecule has 1 fully saturated rings. The molecular weight excluding hydrogens is 520 g/mol. The molecule has 1 N–H and O–H groups in total. The number of phenolic OH excluding ortho intramolecular Hbond substituents is 1. The Kier molecular flexibility index (Phi) is 9.40. The van der Waals surface area contributed by atoms with Crippen LogP contribution in [-0.4, -0.2) is 24.5 Å². The minimum atomic E-state index is -0.826.